The second kappa shape index (κ2) is 9.84. The highest BCUT2D eigenvalue weighted by Crippen LogP contribution is 2.31. The minimum atomic E-state index is -3.54. The Morgan fingerprint density at radius 3 is 2.68 bits per heavy atom. The number of nitrogens with zero attached hydrogens (tertiary/aromatic N) is 4. The lowest BCUT2D eigenvalue weighted by atomic mass is 10.1. The molecule has 0 N–H and O–H groups in total. The fraction of sp³-hybridized carbons (Fsp3) is 0.308. The van der Waals surface area contributed by atoms with E-state index in [2.05, 4.69) is 6.07 Å². The van der Waals surface area contributed by atoms with E-state index in [4.69, 9.17) is 5.26 Å². The maximum Gasteiger partial charge on any atom is 0.251 e. The van der Waals surface area contributed by atoms with E-state index in [-0.39, 0.29) is 10.8 Å². The van der Waals surface area contributed by atoms with Crippen molar-refractivity contribution in [1.29, 1.82) is 5.26 Å². The molecule has 4 rings (SSSR count). The highest BCUT2D eigenvalue weighted by Gasteiger charge is 2.27. The Hall–Kier alpha value is -3.41. The lowest BCUT2D eigenvalue weighted by Crippen LogP contribution is -2.30. The van der Waals surface area contributed by atoms with Gasteiger partial charge in [0.15, 0.2) is 0 Å². The monoisotopic (exact) mass is 476 g/mol. The summed E-state index contributed by atoms with van der Waals surface area (Å²) in [5.41, 5.74) is 3.56. The largest absolute Gasteiger partial charge is 0.346 e. The maximum absolute atomic E-state index is 13.0. The summed E-state index contributed by atoms with van der Waals surface area (Å²) in [4.78, 5) is 15.0. The smallest absolute Gasteiger partial charge is 0.251 e. The van der Waals surface area contributed by atoms with Crippen LogP contribution in [0.3, 0.4) is 0 Å². The fourth-order valence-electron chi connectivity index (χ4n) is 4.49. The Bertz CT molecular complexity index is 1400. The molecular weight excluding hydrogens is 448 g/mol. The fourth-order valence-corrected chi connectivity index (χ4v) is 6.00. The van der Waals surface area contributed by atoms with Gasteiger partial charge in [-0.1, -0.05) is 32.0 Å². The number of carbonyl (C=O) groups excluding carboxylic acids is 1. The second-order valence-corrected chi connectivity index (χ2v) is 10.1. The molecule has 1 aliphatic heterocycles. The zero-order chi connectivity index (χ0) is 24.3. The molecule has 0 saturated heterocycles. The summed E-state index contributed by atoms with van der Waals surface area (Å²) in [5, 5.41) is 9.96. The van der Waals surface area contributed by atoms with Gasteiger partial charge in [-0.05, 0) is 42.3 Å². The normalized spacial score (nSPS) is 13.6. The van der Waals surface area contributed by atoms with Crippen molar-refractivity contribution in [2.75, 3.05) is 24.5 Å². The zero-order valence-electron chi connectivity index (χ0n) is 19.4. The molecular formula is C26H28N4O3S. The minimum absolute atomic E-state index is 0.146. The Labute approximate surface area is 200 Å². The molecule has 0 radical (unpaired) electrons. The van der Waals surface area contributed by atoms with Gasteiger partial charge in [0.1, 0.15) is 0 Å². The van der Waals surface area contributed by atoms with Crippen molar-refractivity contribution in [2.45, 2.75) is 38.1 Å². The molecule has 0 saturated carbocycles. The number of carbonyl (C=O) groups is 1. The molecule has 8 heteroatoms. The van der Waals surface area contributed by atoms with Crippen molar-refractivity contribution < 1.29 is 13.2 Å². The number of para-hydroxylation sites is 1. The number of hydrogen-bond acceptors (Lipinski definition) is 4. The van der Waals surface area contributed by atoms with Crippen LogP contribution < -0.4 is 4.90 Å². The lowest BCUT2D eigenvalue weighted by molar-refractivity contribution is -0.114. The van der Waals surface area contributed by atoms with Crippen molar-refractivity contribution in [2.24, 2.45) is 0 Å². The SMILES string of the molecule is CCN(CC)S(=O)(=O)c1ccc2c(c1)CCN2C(=O)/C=C/c1cn(CCC#N)c2ccccc12. The summed E-state index contributed by atoms with van der Waals surface area (Å²) >= 11 is 0. The van der Waals surface area contributed by atoms with Gasteiger partial charge < -0.3 is 9.47 Å². The summed E-state index contributed by atoms with van der Waals surface area (Å²) < 4.78 is 29.2. The quantitative estimate of drug-likeness (QED) is 0.456. The van der Waals surface area contributed by atoms with Gasteiger partial charge in [-0.2, -0.15) is 9.57 Å². The van der Waals surface area contributed by atoms with Crippen LogP contribution in [0.1, 0.15) is 31.4 Å². The first-order valence-electron chi connectivity index (χ1n) is 11.5. The van der Waals surface area contributed by atoms with Gasteiger partial charge in [-0.25, -0.2) is 8.42 Å². The van der Waals surface area contributed by atoms with E-state index in [1.54, 1.807) is 29.2 Å². The summed E-state index contributed by atoms with van der Waals surface area (Å²) in [5.74, 6) is -0.146. The van der Waals surface area contributed by atoms with Crippen molar-refractivity contribution in [3.63, 3.8) is 0 Å². The number of amides is 1. The Morgan fingerprint density at radius 2 is 1.94 bits per heavy atom. The van der Waals surface area contributed by atoms with Crippen molar-refractivity contribution in [1.82, 2.24) is 8.87 Å². The van der Waals surface area contributed by atoms with E-state index in [1.807, 2.05) is 55.0 Å². The third-order valence-corrected chi connectivity index (χ3v) is 8.29. The molecule has 176 valence electrons. The Morgan fingerprint density at radius 1 is 1.18 bits per heavy atom. The van der Waals surface area contributed by atoms with Crippen LogP contribution >= 0.6 is 0 Å². The van der Waals surface area contributed by atoms with Gasteiger partial charge in [-0.3, -0.25) is 4.79 Å². The van der Waals surface area contributed by atoms with Crippen LogP contribution in [0.15, 0.2) is 59.6 Å². The summed E-state index contributed by atoms with van der Waals surface area (Å²) in [6, 6.07) is 15.1. The van der Waals surface area contributed by atoms with Crippen molar-refractivity contribution in [3.05, 3.63) is 65.9 Å². The van der Waals surface area contributed by atoms with E-state index in [1.165, 1.54) is 4.31 Å². The molecule has 0 atom stereocenters. The molecule has 2 heterocycles. The van der Waals surface area contributed by atoms with Crippen molar-refractivity contribution >= 4 is 38.6 Å². The first-order chi connectivity index (χ1) is 16.4. The highest BCUT2D eigenvalue weighted by atomic mass is 32.2. The first kappa shape index (κ1) is 23.7. The number of aryl methyl sites for hydroxylation is 1. The number of rotatable bonds is 8. The molecule has 7 nitrogen and oxygen atoms in total. The molecule has 1 aliphatic rings. The van der Waals surface area contributed by atoms with E-state index < -0.39 is 10.0 Å². The van der Waals surface area contributed by atoms with Crippen molar-refractivity contribution in [3.8, 4) is 6.07 Å². The topological polar surface area (TPSA) is 86.4 Å². The van der Waals surface area contributed by atoms with Crippen LogP contribution in [0.25, 0.3) is 17.0 Å². The number of anilines is 1. The first-order valence-corrected chi connectivity index (χ1v) is 12.9. The molecule has 1 amide bonds. The molecule has 0 aliphatic carbocycles. The maximum atomic E-state index is 13.0. The predicted molar refractivity (Wildman–Crippen MR) is 134 cm³/mol. The van der Waals surface area contributed by atoms with Crippen LogP contribution in [0, 0.1) is 11.3 Å². The van der Waals surface area contributed by atoms with Gasteiger partial charge in [0, 0.05) is 60.6 Å². The molecule has 1 aromatic heterocycles. The third kappa shape index (κ3) is 4.37. The number of fused-ring (bicyclic) bond motifs is 2. The number of nitriles is 1. The van der Waals surface area contributed by atoms with Crippen LogP contribution in [-0.2, 0) is 27.8 Å². The average molecular weight is 477 g/mol. The third-order valence-electron chi connectivity index (χ3n) is 6.25. The number of hydrogen-bond donors (Lipinski definition) is 0. The summed E-state index contributed by atoms with van der Waals surface area (Å²) in [7, 11) is -3.54. The van der Waals surface area contributed by atoms with Crippen LogP contribution in [0.2, 0.25) is 0 Å². The van der Waals surface area contributed by atoms with E-state index >= 15 is 0 Å². The van der Waals surface area contributed by atoms with Crippen LogP contribution in [0.4, 0.5) is 5.69 Å². The minimum Gasteiger partial charge on any atom is -0.346 e. The summed E-state index contributed by atoms with van der Waals surface area (Å²) in [6.45, 7) is 5.58. The number of benzene rings is 2. The average Bonchev–Trinajstić information content (AvgIpc) is 3.43. The highest BCUT2D eigenvalue weighted by molar-refractivity contribution is 7.89. The van der Waals surface area contributed by atoms with E-state index in [0.717, 1.165) is 27.7 Å². The van der Waals surface area contributed by atoms with Gasteiger partial charge in [-0.15, -0.1) is 0 Å². The Kier molecular flexibility index (Phi) is 6.87. The zero-order valence-corrected chi connectivity index (χ0v) is 20.3. The summed E-state index contributed by atoms with van der Waals surface area (Å²) in [6.07, 6.45) is 6.37. The van der Waals surface area contributed by atoms with Crippen LogP contribution in [0.5, 0.6) is 0 Å². The number of aromatic nitrogens is 1. The molecule has 3 aromatic rings. The molecule has 34 heavy (non-hydrogen) atoms. The lowest BCUT2D eigenvalue weighted by Gasteiger charge is -2.19. The molecule has 0 spiro atoms. The van der Waals surface area contributed by atoms with Gasteiger partial charge in [0.25, 0.3) is 5.91 Å². The van der Waals surface area contributed by atoms with E-state index in [9.17, 15) is 13.2 Å². The van der Waals surface area contributed by atoms with Gasteiger partial charge in [0.2, 0.25) is 10.0 Å². The Balaban J connectivity index is 1.57. The second-order valence-electron chi connectivity index (χ2n) is 8.16. The molecule has 0 bridgehead atoms. The molecule has 2 aromatic carbocycles. The predicted octanol–water partition coefficient (Wildman–Crippen LogP) is 4.19. The molecule has 0 fully saturated rings. The number of sulfonamides is 1. The van der Waals surface area contributed by atoms with Crippen LogP contribution in [-0.4, -0.2) is 42.8 Å². The molecule has 0 unspecified atom stereocenters. The van der Waals surface area contributed by atoms with Gasteiger partial charge in [0.05, 0.1) is 17.4 Å². The standard InChI is InChI=1S/C26H28N4O3S/c1-3-29(4-2)34(32,33)22-11-12-24-20(18-22)14-17-30(24)26(31)13-10-21-19-28(16-7-15-27)25-9-6-5-8-23(21)25/h5-6,8-13,18-19H,3-4,7,14,16-17H2,1-2H3/b13-10+. The van der Waals surface area contributed by atoms with E-state index in [0.29, 0.717) is 39.0 Å². The van der Waals surface area contributed by atoms with Gasteiger partial charge >= 0.3 is 0 Å².